The summed E-state index contributed by atoms with van der Waals surface area (Å²) in [6.45, 7) is 1.47. The fourth-order valence-electron chi connectivity index (χ4n) is 4.02. The second-order valence-electron chi connectivity index (χ2n) is 9.00. The van der Waals surface area contributed by atoms with Crippen molar-refractivity contribution in [1.29, 1.82) is 0 Å². The number of amides is 1. The number of carboxylic acids is 1. The molecule has 0 spiro atoms. The molecule has 0 aliphatic rings. The van der Waals surface area contributed by atoms with Crippen LogP contribution in [0.25, 0.3) is 22.3 Å². The number of carboxylic acid groups (broad SMARTS) is 1. The Hall–Kier alpha value is -3.84. The zero-order valence-electron chi connectivity index (χ0n) is 20.4. The van der Waals surface area contributed by atoms with Gasteiger partial charge in [0.05, 0.1) is 28.3 Å². The molecule has 1 amide bonds. The van der Waals surface area contributed by atoms with Crippen molar-refractivity contribution in [1.82, 2.24) is 15.3 Å². The lowest BCUT2D eigenvalue weighted by Crippen LogP contribution is -2.22. The smallest absolute Gasteiger partial charge is 0.306 e. The molecule has 0 fully saturated rings. The average molecular weight is 520 g/mol. The highest BCUT2D eigenvalue weighted by Gasteiger charge is 2.16. The summed E-state index contributed by atoms with van der Waals surface area (Å²) >= 11 is 6.02. The molecule has 4 aromatic rings. The van der Waals surface area contributed by atoms with Crippen LogP contribution < -0.4 is 5.32 Å². The maximum Gasteiger partial charge on any atom is 0.306 e. The summed E-state index contributed by atoms with van der Waals surface area (Å²) < 4.78 is 13.0. The van der Waals surface area contributed by atoms with Crippen LogP contribution >= 0.6 is 11.6 Å². The number of alkyl halides is 1. The van der Waals surface area contributed by atoms with Crippen molar-refractivity contribution >= 4 is 34.5 Å². The molecular formula is C29H27ClFN3O3. The van der Waals surface area contributed by atoms with Gasteiger partial charge in [0.25, 0.3) is 5.91 Å². The van der Waals surface area contributed by atoms with Gasteiger partial charge in [0, 0.05) is 22.7 Å². The number of rotatable bonds is 10. The topological polar surface area (TPSA) is 92.2 Å². The van der Waals surface area contributed by atoms with E-state index in [2.05, 4.69) is 5.32 Å². The molecule has 37 heavy (non-hydrogen) atoms. The van der Waals surface area contributed by atoms with Crippen LogP contribution in [0, 0.1) is 5.92 Å². The van der Waals surface area contributed by atoms with E-state index in [0.717, 1.165) is 11.1 Å². The molecular weight excluding hydrogens is 493 g/mol. The van der Waals surface area contributed by atoms with Gasteiger partial charge in [-0.25, -0.2) is 14.4 Å². The van der Waals surface area contributed by atoms with E-state index in [0.29, 0.717) is 64.4 Å². The van der Waals surface area contributed by atoms with Gasteiger partial charge in [0.2, 0.25) is 0 Å². The summed E-state index contributed by atoms with van der Waals surface area (Å²) in [7, 11) is 0. The number of aliphatic carboxylic acids is 1. The van der Waals surface area contributed by atoms with E-state index in [9.17, 15) is 19.1 Å². The zero-order valence-corrected chi connectivity index (χ0v) is 21.1. The predicted molar refractivity (Wildman–Crippen MR) is 142 cm³/mol. The standard InChI is InChI=1S/C29H27ClFN3O3/c1-18(29(36)37)4-2-7-25-27(21-10-8-19(16-31)9-11-21)34-24-13-12-22(15-26(24)33-25)28(35)32-17-20-5-3-6-23(30)14-20/h3,5-6,8-15,18H,2,4,7,16-17H2,1H3,(H,32,35)(H,36,37). The molecule has 0 saturated carbocycles. The number of halogens is 2. The van der Waals surface area contributed by atoms with E-state index in [4.69, 9.17) is 21.6 Å². The first-order chi connectivity index (χ1) is 17.8. The Labute approximate surface area is 219 Å². The number of fused-ring (bicyclic) bond motifs is 1. The van der Waals surface area contributed by atoms with Gasteiger partial charge in [-0.15, -0.1) is 0 Å². The molecule has 3 aromatic carbocycles. The number of hydrogen-bond donors (Lipinski definition) is 2. The van der Waals surface area contributed by atoms with Gasteiger partial charge >= 0.3 is 5.97 Å². The third-order valence-electron chi connectivity index (χ3n) is 6.19. The van der Waals surface area contributed by atoms with Crippen molar-refractivity contribution in [2.75, 3.05) is 0 Å². The molecule has 190 valence electrons. The number of hydrogen-bond acceptors (Lipinski definition) is 4. The van der Waals surface area contributed by atoms with E-state index in [1.165, 1.54) is 0 Å². The van der Waals surface area contributed by atoms with Crippen LogP contribution in [0.5, 0.6) is 0 Å². The Bertz CT molecular complexity index is 1430. The van der Waals surface area contributed by atoms with Gasteiger partial charge < -0.3 is 10.4 Å². The average Bonchev–Trinajstić information content (AvgIpc) is 2.91. The van der Waals surface area contributed by atoms with Crippen LogP contribution in [0.4, 0.5) is 4.39 Å². The Kier molecular flexibility index (Phi) is 8.46. The normalized spacial score (nSPS) is 11.9. The molecule has 4 rings (SSSR count). The fourth-order valence-corrected chi connectivity index (χ4v) is 4.23. The first kappa shape index (κ1) is 26.2. The van der Waals surface area contributed by atoms with E-state index in [1.54, 1.807) is 49.4 Å². The molecule has 1 atom stereocenters. The quantitative estimate of drug-likeness (QED) is 0.253. The molecule has 0 aliphatic carbocycles. The maximum absolute atomic E-state index is 13.0. The maximum atomic E-state index is 13.0. The molecule has 1 aromatic heterocycles. The Morgan fingerprint density at radius 1 is 1.00 bits per heavy atom. The van der Waals surface area contributed by atoms with Gasteiger partial charge in [0.15, 0.2) is 0 Å². The molecule has 8 heteroatoms. The van der Waals surface area contributed by atoms with Crippen molar-refractivity contribution in [2.45, 2.75) is 39.4 Å². The molecule has 6 nitrogen and oxygen atoms in total. The minimum absolute atomic E-state index is 0.244. The van der Waals surface area contributed by atoms with Crippen LogP contribution in [-0.4, -0.2) is 27.0 Å². The summed E-state index contributed by atoms with van der Waals surface area (Å²) in [5, 5.41) is 12.7. The summed E-state index contributed by atoms with van der Waals surface area (Å²) in [5.41, 5.74) is 5.28. The number of benzene rings is 3. The molecule has 1 heterocycles. The van der Waals surface area contributed by atoms with Gasteiger partial charge in [-0.2, -0.15) is 0 Å². The first-order valence-electron chi connectivity index (χ1n) is 12.1. The SMILES string of the molecule is CC(CCCc1nc2cc(C(=O)NCc3cccc(Cl)c3)ccc2nc1-c1ccc(CF)cc1)C(=O)O. The highest BCUT2D eigenvalue weighted by Crippen LogP contribution is 2.26. The predicted octanol–water partition coefficient (Wildman–Crippen LogP) is 6.39. The van der Waals surface area contributed by atoms with Crippen LogP contribution in [0.3, 0.4) is 0 Å². The van der Waals surface area contributed by atoms with Crippen LogP contribution in [0.2, 0.25) is 5.02 Å². The number of nitrogens with zero attached hydrogens (tertiary/aromatic N) is 2. The van der Waals surface area contributed by atoms with E-state index >= 15 is 0 Å². The number of carbonyl (C=O) groups is 2. The molecule has 0 radical (unpaired) electrons. The van der Waals surface area contributed by atoms with Crippen molar-refractivity contribution in [3.63, 3.8) is 0 Å². The van der Waals surface area contributed by atoms with Gasteiger partial charge in [-0.3, -0.25) is 9.59 Å². The van der Waals surface area contributed by atoms with Crippen molar-refractivity contribution in [2.24, 2.45) is 5.92 Å². The second-order valence-corrected chi connectivity index (χ2v) is 9.43. The van der Waals surface area contributed by atoms with E-state index in [1.807, 2.05) is 24.3 Å². The first-order valence-corrected chi connectivity index (χ1v) is 12.4. The van der Waals surface area contributed by atoms with E-state index < -0.39 is 18.6 Å². The Morgan fingerprint density at radius 3 is 2.49 bits per heavy atom. The third-order valence-corrected chi connectivity index (χ3v) is 6.43. The number of aromatic nitrogens is 2. The zero-order chi connectivity index (χ0) is 26.4. The van der Waals surface area contributed by atoms with Gasteiger partial charge in [-0.05, 0) is 60.7 Å². The second kappa shape index (κ2) is 11.9. The summed E-state index contributed by atoms with van der Waals surface area (Å²) in [6.07, 6.45) is 1.64. The van der Waals surface area contributed by atoms with Crippen LogP contribution in [0.1, 0.15) is 46.9 Å². The summed E-state index contributed by atoms with van der Waals surface area (Å²) in [4.78, 5) is 33.7. The van der Waals surface area contributed by atoms with Crippen molar-refractivity contribution < 1.29 is 19.1 Å². The van der Waals surface area contributed by atoms with Crippen LogP contribution in [0.15, 0.2) is 66.7 Å². The lowest BCUT2D eigenvalue weighted by atomic mass is 10.00. The monoisotopic (exact) mass is 519 g/mol. The minimum atomic E-state index is -0.833. The third kappa shape index (κ3) is 6.68. The van der Waals surface area contributed by atoms with Crippen molar-refractivity contribution in [3.05, 3.63) is 94.1 Å². The highest BCUT2D eigenvalue weighted by atomic mass is 35.5. The number of nitrogens with one attached hydrogen (secondary N) is 1. The number of aryl methyl sites for hydroxylation is 1. The number of carbonyl (C=O) groups excluding carboxylic acids is 1. The Balaban J connectivity index is 1.62. The lowest BCUT2D eigenvalue weighted by Gasteiger charge is -2.12. The molecule has 0 saturated heterocycles. The van der Waals surface area contributed by atoms with E-state index in [-0.39, 0.29) is 5.91 Å². The minimum Gasteiger partial charge on any atom is -0.481 e. The fraction of sp³-hybridized carbons (Fsp3) is 0.241. The largest absolute Gasteiger partial charge is 0.481 e. The van der Waals surface area contributed by atoms with Crippen LogP contribution in [-0.2, 0) is 24.4 Å². The molecule has 0 bridgehead atoms. The lowest BCUT2D eigenvalue weighted by molar-refractivity contribution is -0.141. The molecule has 1 unspecified atom stereocenters. The molecule has 2 N–H and O–H groups in total. The summed E-state index contributed by atoms with van der Waals surface area (Å²) in [5.74, 6) is -1.54. The summed E-state index contributed by atoms with van der Waals surface area (Å²) in [6, 6.07) is 19.5. The van der Waals surface area contributed by atoms with Crippen molar-refractivity contribution in [3.8, 4) is 11.3 Å². The molecule has 0 aliphatic heterocycles. The highest BCUT2D eigenvalue weighted by molar-refractivity contribution is 6.30. The van der Waals surface area contributed by atoms with Gasteiger partial charge in [0.1, 0.15) is 6.67 Å². The van der Waals surface area contributed by atoms with Gasteiger partial charge in [-0.1, -0.05) is 54.9 Å². The Morgan fingerprint density at radius 2 is 1.78 bits per heavy atom.